The van der Waals surface area contributed by atoms with Crippen molar-refractivity contribution in [3.63, 3.8) is 0 Å². The van der Waals surface area contributed by atoms with E-state index >= 15 is 0 Å². The minimum absolute atomic E-state index is 0.123. The smallest absolute Gasteiger partial charge is 0.382 e. The Hall–Kier alpha value is -3.13. The van der Waals surface area contributed by atoms with Gasteiger partial charge in [-0.05, 0) is 42.7 Å². The molecule has 186 valence electrons. The molecule has 1 aromatic carbocycles. The average molecular weight is 505 g/mol. The number of aromatic nitrogens is 2. The van der Waals surface area contributed by atoms with Gasteiger partial charge in [0, 0.05) is 30.4 Å². The Labute approximate surface area is 208 Å². The van der Waals surface area contributed by atoms with Gasteiger partial charge in [-0.2, -0.15) is 13.2 Å². The molecule has 0 radical (unpaired) electrons. The molecule has 0 atom stereocenters. The number of nitrogens with two attached hydrogens (primary N) is 1. The first-order valence-electron chi connectivity index (χ1n) is 11.1. The van der Waals surface area contributed by atoms with Crippen LogP contribution in [0.3, 0.4) is 0 Å². The summed E-state index contributed by atoms with van der Waals surface area (Å²) in [4.78, 5) is 23.7. The van der Waals surface area contributed by atoms with Crippen molar-refractivity contribution in [1.82, 2.24) is 14.9 Å². The second-order valence-electron chi connectivity index (χ2n) is 9.46. The Bertz CT molecular complexity index is 1200. The maximum atomic E-state index is 13.5. The van der Waals surface area contributed by atoms with Gasteiger partial charge in [-0.1, -0.05) is 56.6 Å². The lowest BCUT2D eigenvalue weighted by molar-refractivity contribution is -0.137. The maximum absolute atomic E-state index is 13.5. The van der Waals surface area contributed by atoms with Gasteiger partial charge in [-0.25, -0.2) is 4.98 Å². The van der Waals surface area contributed by atoms with Crippen molar-refractivity contribution in [2.45, 2.75) is 52.3 Å². The first-order chi connectivity index (χ1) is 16.3. The van der Waals surface area contributed by atoms with Gasteiger partial charge >= 0.3 is 6.18 Å². The molecule has 0 unspecified atom stereocenters. The fourth-order valence-electron chi connectivity index (χ4n) is 3.59. The van der Waals surface area contributed by atoms with Crippen LogP contribution in [-0.4, -0.2) is 27.3 Å². The number of amides is 1. The van der Waals surface area contributed by atoms with E-state index in [4.69, 9.17) is 17.3 Å². The van der Waals surface area contributed by atoms with E-state index in [0.717, 1.165) is 23.4 Å². The Morgan fingerprint density at radius 3 is 2.40 bits per heavy atom. The number of carbonyl (C=O) groups excluding carboxylic acids is 1. The van der Waals surface area contributed by atoms with Crippen LogP contribution in [0.2, 0.25) is 5.02 Å². The minimum atomic E-state index is -4.44. The maximum Gasteiger partial charge on any atom is 0.416 e. The number of benzene rings is 1. The first-order valence-corrected chi connectivity index (χ1v) is 11.5. The van der Waals surface area contributed by atoms with Gasteiger partial charge in [0.2, 0.25) is 0 Å². The van der Waals surface area contributed by atoms with Gasteiger partial charge in [-0.15, -0.1) is 0 Å². The molecule has 3 rings (SSSR count). The molecule has 9 heteroatoms. The van der Waals surface area contributed by atoms with Gasteiger partial charge in [0.05, 0.1) is 21.8 Å². The van der Waals surface area contributed by atoms with Crippen molar-refractivity contribution in [1.29, 1.82) is 0 Å². The van der Waals surface area contributed by atoms with Crippen LogP contribution in [0.15, 0.2) is 48.7 Å². The number of nitrogens with zero attached hydrogens (tertiary/aromatic N) is 3. The van der Waals surface area contributed by atoms with Crippen molar-refractivity contribution >= 4 is 23.3 Å². The van der Waals surface area contributed by atoms with Crippen molar-refractivity contribution in [3.8, 4) is 0 Å². The van der Waals surface area contributed by atoms with Crippen LogP contribution in [0.1, 0.15) is 59.2 Å². The molecule has 0 aliphatic heterocycles. The van der Waals surface area contributed by atoms with Gasteiger partial charge in [0.15, 0.2) is 0 Å². The quantitative estimate of drug-likeness (QED) is 0.432. The number of aryl methyl sites for hydroxylation is 1. The normalized spacial score (nSPS) is 12.0. The Balaban J connectivity index is 1.90. The first kappa shape index (κ1) is 26.5. The lowest BCUT2D eigenvalue weighted by Crippen LogP contribution is -2.33. The second-order valence-corrected chi connectivity index (χ2v) is 9.87. The molecule has 0 spiro atoms. The number of rotatable bonds is 6. The van der Waals surface area contributed by atoms with Gasteiger partial charge in [0.1, 0.15) is 5.82 Å². The molecule has 1 amide bonds. The van der Waals surface area contributed by atoms with Crippen LogP contribution in [0, 0.1) is 6.92 Å². The third kappa shape index (κ3) is 6.72. The molecule has 0 aliphatic rings. The summed E-state index contributed by atoms with van der Waals surface area (Å²) in [6, 6.07) is 10.4. The van der Waals surface area contributed by atoms with Crippen LogP contribution < -0.4 is 5.73 Å². The van der Waals surface area contributed by atoms with E-state index < -0.39 is 11.7 Å². The molecule has 3 aromatic rings. The molecular weight excluding hydrogens is 477 g/mol. The standard InChI is InChI=1S/C26H28ClF3N4O/c1-16-20(13-21(27)23(31)33-16)24(35)34(15-18-8-9-22(32-14-18)25(2,3)4)11-10-17-6-5-7-19(12-17)26(28,29)30/h5-9,12-14H,10-11,15H2,1-4H3,(H2,31,33). The summed E-state index contributed by atoms with van der Waals surface area (Å²) < 4.78 is 39.4. The molecule has 0 saturated carbocycles. The number of hydrogen-bond donors (Lipinski definition) is 1. The third-order valence-electron chi connectivity index (χ3n) is 5.60. The summed E-state index contributed by atoms with van der Waals surface area (Å²) in [5, 5.41) is 0.160. The van der Waals surface area contributed by atoms with E-state index in [0.29, 0.717) is 11.3 Å². The molecule has 2 heterocycles. The molecule has 0 aliphatic carbocycles. The number of nitrogen functional groups attached to an aromatic ring is 1. The van der Waals surface area contributed by atoms with Gasteiger partial charge in [0.25, 0.3) is 5.91 Å². The van der Waals surface area contributed by atoms with Crippen molar-refractivity contribution in [2.24, 2.45) is 0 Å². The Morgan fingerprint density at radius 2 is 1.80 bits per heavy atom. The fourth-order valence-corrected chi connectivity index (χ4v) is 3.74. The molecule has 0 fully saturated rings. The van der Waals surface area contributed by atoms with Gasteiger partial charge < -0.3 is 10.6 Å². The van der Waals surface area contributed by atoms with Crippen molar-refractivity contribution < 1.29 is 18.0 Å². The zero-order valence-corrected chi connectivity index (χ0v) is 20.8. The van der Waals surface area contributed by atoms with Crippen LogP contribution in [0.5, 0.6) is 0 Å². The summed E-state index contributed by atoms with van der Waals surface area (Å²) >= 11 is 6.11. The van der Waals surface area contributed by atoms with Crippen LogP contribution >= 0.6 is 11.6 Å². The minimum Gasteiger partial charge on any atom is -0.382 e. The topological polar surface area (TPSA) is 72.1 Å². The molecule has 0 bridgehead atoms. The Morgan fingerprint density at radius 1 is 1.09 bits per heavy atom. The average Bonchev–Trinajstić information content (AvgIpc) is 2.78. The lowest BCUT2D eigenvalue weighted by Gasteiger charge is -2.25. The SMILES string of the molecule is Cc1nc(N)c(Cl)cc1C(=O)N(CCc1cccc(C(F)(F)F)c1)Cc1ccc(C(C)(C)C)nc1. The summed E-state index contributed by atoms with van der Waals surface area (Å²) in [6.45, 7) is 8.23. The van der Waals surface area contributed by atoms with E-state index in [1.54, 1.807) is 24.1 Å². The zero-order valence-electron chi connectivity index (χ0n) is 20.1. The predicted octanol–water partition coefficient (Wildman–Crippen LogP) is 6.22. The molecule has 2 aromatic heterocycles. The highest BCUT2D eigenvalue weighted by molar-refractivity contribution is 6.33. The van der Waals surface area contributed by atoms with Crippen LogP contribution in [0.4, 0.5) is 19.0 Å². The molecular formula is C26H28ClF3N4O. The number of alkyl halides is 3. The number of hydrogen-bond acceptors (Lipinski definition) is 4. The molecule has 0 saturated heterocycles. The second kappa shape index (κ2) is 10.2. The summed E-state index contributed by atoms with van der Waals surface area (Å²) in [7, 11) is 0. The predicted molar refractivity (Wildman–Crippen MR) is 131 cm³/mol. The Kier molecular flexibility index (Phi) is 7.74. The summed E-state index contributed by atoms with van der Waals surface area (Å²) in [5.41, 5.74) is 7.79. The molecule has 2 N–H and O–H groups in total. The largest absolute Gasteiger partial charge is 0.416 e. The van der Waals surface area contributed by atoms with Gasteiger partial charge in [-0.3, -0.25) is 9.78 Å². The zero-order chi connectivity index (χ0) is 26.0. The van der Waals surface area contributed by atoms with E-state index in [1.165, 1.54) is 12.1 Å². The summed E-state index contributed by atoms with van der Waals surface area (Å²) in [6.07, 6.45) is -2.49. The molecule has 5 nitrogen and oxygen atoms in total. The highest BCUT2D eigenvalue weighted by Crippen LogP contribution is 2.30. The number of anilines is 1. The number of carbonyl (C=O) groups is 1. The van der Waals surface area contributed by atoms with E-state index in [2.05, 4.69) is 30.7 Å². The van der Waals surface area contributed by atoms with Crippen molar-refractivity contribution in [3.05, 3.63) is 87.3 Å². The fraction of sp³-hybridized carbons (Fsp3) is 0.346. The van der Waals surface area contributed by atoms with Crippen LogP contribution in [0.25, 0.3) is 0 Å². The highest BCUT2D eigenvalue weighted by atomic mass is 35.5. The highest BCUT2D eigenvalue weighted by Gasteiger charge is 2.30. The number of pyridine rings is 2. The van der Waals surface area contributed by atoms with Crippen molar-refractivity contribution in [2.75, 3.05) is 12.3 Å². The number of halogens is 4. The molecule has 35 heavy (non-hydrogen) atoms. The third-order valence-corrected chi connectivity index (χ3v) is 5.91. The van der Waals surface area contributed by atoms with E-state index in [-0.39, 0.29) is 47.2 Å². The van der Waals surface area contributed by atoms with E-state index in [9.17, 15) is 18.0 Å². The van der Waals surface area contributed by atoms with E-state index in [1.807, 2.05) is 12.1 Å². The summed E-state index contributed by atoms with van der Waals surface area (Å²) in [5.74, 6) is -0.220. The van der Waals surface area contributed by atoms with Crippen LogP contribution in [-0.2, 0) is 24.6 Å². The lowest BCUT2D eigenvalue weighted by atomic mass is 9.91. The monoisotopic (exact) mass is 504 g/mol.